The minimum atomic E-state index is 0.161. The molecule has 0 amide bonds. The average Bonchev–Trinajstić information content (AvgIpc) is 3.13. The number of nitrogens with zero attached hydrogens (tertiary/aromatic N) is 6. The van der Waals surface area contributed by atoms with Crippen LogP contribution in [0.5, 0.6) is 0 Å². The molecule has 1 aliphatic rings. The normalized spacial score (nSPS) is 16.8. The second-order valence-corrected chi connectivity index (χ2v) is 5.97. The summed E-state index contributed by atoms with van der Waals surface area (Å²) in [6.45, 7) is 2.84. The van der Waals surface area contributed by atoms with Gasteiger partial charge in [-0.1, -0.05) is 6.07 Å². The van der Waals surface area contributed by atoms with E-state index in [0.29, 0.717) is 0 Å². The zero-order valence-corrected chi connectivity index (χ0v) is 14.0. The Hall–Kier alpha value is -3.09. The van der Waals surface area contributed by atoms with Crippen LogP contribution in [0.3, 0.4) is 0 Å². The minimum absolute atomic E-state index is 0.161. The van der Waals surface area contributed by atoms with Gasteiger partial charge in [-0.05, 0) is 38.0 Å². The molecule has 0 bridgehead atoms. The van der Waals surface area contributed by atoms with Gasteiger partial charge in [-0.25, -0.2) is 24.9 Å². The average molecular weight is 333 g/mol. The molecule has 1 fully saturated rings. The Labute approximate surface area is 146 Å². The minimum Gasteiger partial charge on any atom is -0.332 e. The molecule has 7 nitrogen and oxygen atoms in total. The molecule has 126 valence electrons. The first-order chi connectivity index (χ1) is 12.3. The lowest BCUT2D eigenvalue weighted by molar-refractivity contribution is 0.673. The molecule has 1 aliphatic heterocycles. The number of hydrogen-bond donors (Lipinski definition) is 1. The van der Waals surface area contributed by atoms with E-state index in [0.717, 1.165) is 48.5 Å². The quantitative estimate of drug-likeness (QED) is 0.786. The Kier molecular flexibility index (Phi) is 4.20. The summed E-state index contributed by atoms with van der Waals surface area (Å²) in [5.74, 6) is 3.00. The van der Waals surface area contributed by atoms with E-state index >= 15 is 0 Å². The molecule has 1 saturated heterocycles. The fourth-order valence-electron chi connectivity index (χ4n) is 3.15. The number of rotatable bonds is 4. The topological polar surface area (TPSA) is 79.7 Å². The predicted octanol–water partition coefficient (Wildman–Crippen LogP) is 3.06. The number of nitrogens with one attached hydrogen (secondary N) is 1. The van der Waals surface area contributed by atoms with Crippen molar-refractivity contribution in [2.75, 3.05) is 16.8 Å². The SMILES string of the molecule is Cc1nc(Nc2ccccn2)cc([C@H]2CCCN2c2ncccn2)n1. The summed E-state index contributed by atoms with van der Waals surface area (Å²) in [7, 11) is 0. The molecule has 0 saturated carbocycles. The summed E-state index contributed by atoms with van der Waals surface area (Å²) in [6.07, 6.45) is 7.42. The second kappa shape index (κ2) is 6.80. The number of anilines is 3. The van der Waals surface area contributed by atoms with Gasteiger partial charge in [0.05, 0.1) is 11.7 Å². The fourth-order valence-corrected chi connectivity index (χ4v) is 3.15. The van der Waals surface area contributed by atoms with Crippen molar-refractivity contribution in [2.45, 2.75) is 25.8 Å². The van der Waals surface area contributed by atoms with Crippen LogP contribution < -0.4 is 10.2 Å². The van der Waals surface area contributed by atoms with E-state index in [2.05, 4.69) is 35.1 Å². The predicted molar refractivity (Wildman–Crippen MR) is 95.6 cm³/mol. The van der Waals surface area contributed by atoms with Crippen molar-refractivity contribution in [2.24, 2.45) is 0 Å². The van der Waals surface area contributed by atoms with Gasteiger partial charge in [0.2, 0.25) is 5.95 Å². The maximum Gasteiger partial charge on any atom is 0.225 e. The highest BCUT2D eigenvalue weighted by molar-refractivity contribution is 5.52. The lowest BCUT2D eigenvalue weighted by Crippen LogP contribution is -2.25. The number of hydrogen-bond acceptors (Lipinski definition) is 7. The van der Waals surface area contributed by atoms with Gasteiger partial charge in [0.25, 0.3) is 0 Å². The van der Waals surface area contributed by atoms with Crippen molar-refractivity contribution < 1.29 is 0 Å². The van der Waals surface area contributed by atoms with Gasteiger partial charge in [0, 0.05) is 31.2 Å². The summed E-state index contributed by atoms with van der Waals surface area (Å²) in [6, 6.07) is 9.73. The summed E-state index contributed by atoms with van der Waals surface area (Å²) in [5, 5.41) is 3.25. The first kappa shape index (κ1) is 15.4. The van der Waals surface area contributed by atoms with Gasteiger partial charge in [-0.2, -0.15) is 0 Å². The first-order valence-corrected chi connectivity index (χ1v) is 8.37. The summed E-state index contributed by atoms with van der Waals surface area (Å²) < 4.78 is 0. The van der Waals surface area contributed by atoms with Crippen LogP contribution in [0.1, 0.15) is 30.4 Å². The zero-order chi connectivity index (χ0) is 17.1. The Morgan fingerprint density at radius 1 is 1.00 bits per heavy atom. The van der Waals surface area contributed by atoms with Gasteiger partial charge in [0.15, 0.2) is 0 Å². The largest absolute Gasteiger partial charge is 0.332 e. The van der Waals surface area contributed by atoms with Crippen molar-refractivity contribution in [3.63, 3.8) is 0 Å². The number of aromatic nitrogens is 5. The van der Waals surface area contributed by atoms with E-state index in [9.17, 15) is 0 Å². The molecule has 0 spiro atoms. The Morgan fingerprint density at radius 3 is 2.64 bits per heavy atom. The third-order valence-corrected chi connectivity index (χ3v) is 4.18. The van der Waals surface area contributed by atoms with E-state index in [1.807, 2.05) is 37.3 Å². The molecular formula is C18H19N7. The van der Waals surface area contributed by atoms with E-state index in [1.54, 1.807) is 18.6 Å². The van der Waals surface area contributed by atoms with Crippen LogP contribution in [-0.4, -0.2) is 31.5 Å². The number of aryl methyl sites for hydroxylation is 1. The maximum atomic E-state index is 4.66. The Bertz CT molecular complexity index is 839. The molecule has 3 aromatic rings. The Balaban J connectivity index is 1.63. The summed E-state index contributed by atoms with van der Waals surface area (Å²) >= 11 is 0. The molecule has 0 aliphatic carbocycles. The van der Waals surface area contributed by atoms with E-state index in [1.165, 1.54) is 0 Å². The van der Waals surface area contributed by atoms with Crippen molar-refractivity contribution in [3.8, 4) is 0 Å². The molecule has 25 heavy (non-hydrogen) atoms. The van der Waals surface area contributed by atoms with Crippen LogP contribution in [0.4, 0.5) is 17.6 Å². The van der Waals surface area contributed by atoms with E-state index < -0.39 is 0 Å². The van der Waals surface area contributed by atoms with Gasteiger partial charge in [-0.3, -0.25) is 0 Å². The molecule has 7 heteroatoms. The van der Waals surface area contributed by atoms with Crippen molar-refractivity contribution >= 4 is 17.6 Å². The van der Waals surface area contributed by atoms with Crippen LogP contribution in [0.15, 0.2) is 48.9 Å². The maximum absolute atomic E-state index is 4.66. The third-order valence-electron chi connectivity index (χ3n) is 4.18. The molecule has 0 radical (unpaired) electrons. The lowest BCUT2D eigenvalue weighted by Gasteiger charge is -2.24. The lowest BCUT2D eigenvalue weighted by atomic mass is 10.1. The monoisotopic (exact) mass is 333 g/mol. The summed E-state index contributed by atoms with van der Waals surface area (Å²) in [5.41, 5.74) is 0.982. The van der Waals surface area contributed by atoms with Crippen LogP contribution in [0.2, 0.25) is 0 Å². The summed E-state index contributed by atoms with van der Waals surface area (Å²) in [4.78, 5) is 24.4. The van der Waals surface area contributed by atoms with Crippen molar-refractivity contribution in [1.82, 2.24) is 24.9 Å². The molecule has 1 atom stereocenters. The second-order valence-electron chi connectivity index (χ2n) is 5.97. The van der Waals surface area contributed by atoms with Crippen LogP contribution in [0, 0.1) is 6.92 Å². The van der Waals surface area contributed by atoms with Gasteiger partial charge >= 0.3 is 0 Å². The van der Waals surface area contributed by atoms with Crippen molar-refractivity contribution in [3.05, 3.63) is 60.4 Å². The Morgan fingerprint density at radius 2 is 1.84 bits per heavy atom. The molecule has 3 aromatic heterocycles. The van der Waals surface area contributed by atoms with Gasteiger partial charge in [-0.15, -0.1) is 0 Å². The van der Waals surface area contributed by atoms with Crippen molar-refractivity contribution in [1.29, 1.82) is 0 Å². The highest BCUT2D eigenvalue weighted by Crippen LogP contribution is 2.34. The standard InChI is InChI=1S/C18H19N7/c1-13-22-14(12-17(23-13)24-16-7-2-3-8-19-16)15-6-4-11-25(15)18-20-9-5-10-21-18/h2-3,5,7-10,12,15H,4,6,11H2,1H3,(H,19,22,23,24)/t15-/m1/s1. The smallest absolute Gasteiger partial charge is 0.225 e. The van der Waals surface area contributed by atoms with E-state index in [4.69, 9.17) is 0 Å². The van der Waals surface area contributed by atoms with Crippen LogP contribution >= 0.6 is 0 Å². The van der Waals surface area contributed by atoms with Gasteiger partial charge in [0.1, 0.15) is 17.5 Å². The van der Waals surface area contributed by atoms with E-state index in [-0.39, 0.29) is 6.04 Å². The number of pyridine rings is 1. The fraction of sp³-hybridized carbons (Fsp3) is 0.278. The molecule has 4 rings (SSSR count). The molecule has 1 N–H and O–H groups in total. The first-order valence-electron chi connectivity index (χ1n) is 8.37. The third kappa shape index (κ3) is 3.40. The molecular weight excluding hydrogens is 314 g/mol. The van der Waals surface area contributed by atoms with Crippen LogP contribution in [0.25, 0.3) is 0 Å². The van der Waals surface area contributed by atoms with Gasteiger partial charge < -0.3 is 10.2 Å². The molecule has 4 heterocycles. The highest BCUT2D eigenvalue weighted by Gasteiger charge is 2.29. The zero-order valence-electron chi connectivity index (χ0n) is 14.0. The van der Waals surface area contributed by atoms with Crippen LogP contribution in [-0.2, 0) is 0 Å². The highest BCUT2D eigenvalue weighted by atomic mass is 15.3. The molecule has 0 unspecified atom stereocenters. The molecule has 0 aromatic carbocycles.